The Morgan fingerprint density at radius 1 is 1.15 bits per heavy atom. The molecule has 2 aromatic rings. The molecule has 1 aromatic heterocycles. The maximum absolute atomic E-state index is 12.7. The molecule has 26 heavy (non-hydrogen) atoms. The van der Waals surface area contributed by atoms with Crippen molar-refractivity contribution in [1.29, 1.82) is 0 Å². The van der Waals surface area contributed by atoms with Gasteiger partial charge in [0.15, 0.2) is 0 Å². The second-order valence-corrected chi connectivity index (χ2v) is 8.18. The molecule has 3 N–H and O–H groups in total. The third-order valence-electron chi connectivity index (χ3n) is 6.70. The number of rotatable bonds is 3. The summed E-state index contributed by atoms with van der Waals surface area (Å²) < 4.78 is 2.32. The molecule has 2 aliphatic carbocycles. The van der Waals surface area contributed by atoms with Gasteiger partial charge < -0.3 is 15.6 Å². The van der Waals surface area contributed by atoms with Gasteiger partial charge in [-0.1, -0.05) is 0 Å². The minimum absolute atomic E-state index is 0.0206. The summed E-state index contributed by atoms with van der Waals surface area (Å²) >= 11 is 0. The van der Waals surface area contributed by atoms with Crippen molar-refractivity contribution in [1.82, 2.24) is 9.55 Å². The lowest BCUT2D eigenvalue weighted by molar-refractivity contribution is -0.121. The van der Waals surface area contributed by atoms with Crippen molar-refractivity contribution in [3.8, 4) is 11.4 Å². The molecule has 1 aromatic carbocycles. The highest BCUT2D eigenvalue weighted by Gasteiger charge is 2.49. The van der Waals surface area contributed by atoms with Crippen LogP contribution in [0, 0.1) is 17.8 Å². The fourth-order valence-electron chi connectivity index (χ4n) is 5.32. The molecule has 5 nitrogen and oxygen atoms in total. The zero-order valence-electron chi connectivity index (χ0n) is 15.0. The van der Waals surface area contributed by atoms with E-state index in [4.69, 9.17) is 5.73 Å². The summed E-state index contributed by atoms with van der Waals surface area (Å²) in [4.78, 5) is 17.3. The number of anilines is 1. The molecular weight excluding hydrogens is 324 g/mol. The van der Waals surface area contributed by atoms with E-state index in [9.17, 15) is 4.79 Å². The normalized spacial score (nSPS) is 29.6. The van der Waals surface area contributed by atoms with E-state index >= 15 is 0 Å². The first-order valence-corrected chi connectivity index (χ1v) is 9.92. The molecule has 5 heteroatoms. The van der Waals surface area contributed by atoms with Crippen LogP contribution in [0.1, 0.15) is 37.8 Å². The lowest BCUT2D eigenvalue weighted by Crippen LogP contribution is -2.42. The van der Waals surface area contributed by atoms with Crippen LogP contribution in [0.3, 0.4) is 0 Å². The average Bonchev–Trinajstić information content (AvgIpc) is 3.36. The molecule has 2 bridgehead atoms. The third-order valence-corrected chi connectivity index (χ3v) is 6.70. The Morgan fingerprint density at radius 3 is 2.73 bits per heavy atom. The Hall–Kier alpha value is -2.14. The number of fused-ring (bicyclic) bond motifs is 3. The Labute approximate surface area is 154 Å². The van der Waals surface area contributed by atoms with Gasteiger partial charge in [0, 0.05) is 35.7 Å². The minimum atomic E-state index is -0.0206. The van der Waals surface area contributed by atoms with Crippen LogP contribution in [-0.2, 0) is 17.8 Å². The molecule has 4 unspecified atom stereocenters. The maximum atomic E-state index is 12.7. The molecule has 4 atom stereocenters. The van der Waals surface area contributed by atoms with E-state index in [1.54, 1.807) is 0 Å². The molecular formula is C21H26N4O. The third kappa shape index (κ3) is 2.57. The lowest BCUT2D eigenvalue weighted by Gasteiger charge is -2.27. The fourth-order valence-corrected chi connectivity index (χ4v) is 5.32. The van der Waals surface area contributed by atoms with Crippen molar-refractivity contribution in [3.63, 3.8) is 0 Å². The number of imidazole rings is 1. The number of benzene rings is 1. The number of aryl methyl sites for hydroxylation is 1. The lowest BCUT2D eigenvalue weighted by atomic mass is 9.84. The summed E-state index contributed by atoms with van der Waals surface area (Å²) in [6, 6.07) is 8.11. The molecule has 2 fully saturated rings. The van der Waals surface area contributed by atoms with Crippen LogP contribution < -0.4 is 11.1 Å². The Balaban J connectivity index is 1.31. The zero-order valence-corrected chi connectivity index (χ0v) is 15.0. The number of nitrogens with zero attached hydrogens (tertiary/aromatic N) is 2. The summed E-state index contributed by atoms with van der Waals surface area (Å²) in [5.41, 5.74) is 9.58. The Morgan fingerprint density at radius 2 is 1.96 bits per heavy atom. The van der Waals surface area contributed by atoms with Crippen molar-refractivity contribution in [2.45, 2.75) is 51.1 Å². The Bertz CT molecular complexity index is 823. The van der Waals surface area contributed by atoms with Crippen molar-refractivity contribution in [3.05, 3.63) is 36.2 Å². The molecule has 0 spiro atoms. The maximum Gasteiger partial charge on any atom is 0.229 e. The van der Waals surface area contributed by atoms with Gasteiger partial charge >= 0.3 is 0 Å². The topological polar surface area (TPSA) is 72.9 Å². The van der Waals surface area contributed by atoms with Gasteiger partial charge in [0.05, 0.1) is 5.92 Å². The van der Waals surface area contributed by atoms with E-state index in [2.05, 4.69) is 27.0 Å². The Kier molecular flexibility index (Phi) is 3.85. The predicted molar refractivity (Wildman–Crippen MR) is 102 cm³/mol. The molecule has 2 heterocycles. The molecule has 1 aliphatic heterocycles. The van der Waals surface area contributed by atoms with E-state index in [1.165, 1.54) is 25.0 Å². The van der Waals surface area contributed by atoms with E-state index in [1.807, 2.05) is 18.3 Å². The SMILES string of the molecule is NC1C2CCC(C2)C1C(=O)Nc1ccc(-c2ncc3n2CCCC3)cc1. The van der Waals surface area contributed by atoms with Crippen molar-refractivity contribution >= 4 is 11.6 Å². The molecule has 0 radical (unpaired) electrons. The summed E-state index contributed by atoms with van der Waals surface area (Å²) in [6.45, 7) is 1.05. The minimum Gasteiger partial charge on any atom is -0.328 e. The first kappa shape index (κ1) is 16.1. The second kappa shape index (κ2) is 6.23. The molecule has 5 rings (SSSR count). The first-order chi connectivity index (χ1) is 12.7. The highest BCUT2D eigenvalue weighted by Crippen LogP contribution is 2.47. The van der Waals surface area contributed by atoms with Crippen LogP contribution in [0.15, 0.2) is 30.5 Å². The fraction of sp³-hybridized carbons (Fsp3) is 0.524. The van der Waals surface area contributed by atoms with Crippen molar-refractivity contribution in [2.75, 3.05) is 5.32 Å². The van der Waals surface area contributed by atoms with Crippen LogP contribution in [0.25, 0.3) is 11.4 Å². The molecule has 1 amide bonds. The number of nitrogens with two attached hydrogens (primary N) is 1. The summed E-state index contributed by atoms with van der Waals surface area (Å²) in [6.07, 6.45) is 9.06. The number of carbonyl (C=O) groups excluding carboxylic acids is 1. The summed E-state index contributed by atoms with van der Waals surface area (Å²) in [7, 11) is 0. The molecule has 136 valence electrons. The van der Waals surface area contributed by atoms with Gasteiger partial charge in [0.25, 0.3) is 0 Å². The number of nitrogens with one attached hydrogen (secondary N) is 1. The molecule has 2 saturated carbocycles. The predicted octanol–water partition coefficient (Wildman–Crippen LogP) is 3.20. The second-order valence-electron chi connectivity index (χ2n) is 8.18. The molecule has 3 aliphatic rings. The van der Waals surface area contributed by atoms with Gasteiger partial charge in [0.1, 0.15) is 5.82 Å². The van der Waals surface area contributed by atoms with Gasteiger partial charge in [-0.25, -0.2) is 4.98 Å². The van der Waals surface area contributed by atoms with E-state index in [0.29, 0.717) is 11.8 Å². The van der Waals surface area contributed by atoms with Gasteiger partial charge in [-0.15, -0.1) is 0 Å². The van der Waals surface area contributed by atoms with Gasteiger partial charge in [-0.2, -0.15) is 0 Å². The van der Waals surface area contributed by atoms with E-state index in [-0.39, 0.29) is 17.9 Å². The highest BCUT2D eigenvalue weighted by molar-refractivity contribution is 5.93. The van der Waals surface area contributed by atoms with Gasteiger partial charge in [0.2, 0.25) is 5.91 Å². The first-order valence-electron chi connectivity index (χ1n) is 9.92. The summed E-state index contributed by atoms with van der Waals surface area (Å²) in [5, 5.41) is 3.09. The van der Waals surface area contributed by atoms with Crippen molar-refractivity contribution in [2.24, 2.45) is 23.5 Å². The van der Waals surface area contributed by atoms with E-state index < -0.39 is 0 Å². The van der Waals surface area contributed by atoms with Crippen LogP contribution >= 0.6 is 0 Å². The van der Waals surface area contributed by atoms with Crippen molar-refractivity contribution < 1.29 is 4.79 Å². The van der Waals surface area contributed by atoms with Crippen LogP contribution in [0.2, 0.25) is 0 Å². The van der Waals surface area contributed by atoms with Gasteiger partial charge in [-0.3, -0.25) is 4.79 Å². The average molecular weight is 350 g/mol. The van der Waals surface area contributed by atoms with E-state index in [0.717, 1.165) is 42.9 Å². The quantitative estimate of drug-likeness (QED) is 0.893. The van der Waals surface area contributed by atoms with Gasteiger partial charge in [-0.05, 0) is 74.6 Å². The smallest absolute Gasteiger partial charge is 0.229 e. The largest absolute Gasteiger partial charge is 0.328 e. The molecule has 0 saturated heterocycles. The van der Waals surface area contributed by atoms with Crippen LogP contribution in [0.5, 0.6) is 0 Å². The highest BCUT2D eigenvalue weighted by atomic mass is 16.2. The zero-order chi connectivity index (χ0) is 17.7. The number of hydrogen-bond acceptors (Lipinski definition) is 3. The number of carbonyl (C=O) groups is 1. The van der Waals surface area contributed by atoms with Crippen LogP contribution in [-0.4, -0.2) is 21.5 Å². The number of aromatic nitrogens is 2. The monoisotopic (exact) mass is 350 g/mol. The standard InChI is InChI=1S/C21H26N4O/c22-19-15-5-4-14(11-15)18(19)21(26)24-16-8-6-13(7-9-16)20-23-12-17-3-1-2-10-25(17)20/h6-9,12,14-15,18-19H,1-5,10-11,22H2,(H,24,26). The number of amides is 1. The van der Waals surface area contributed by atoms with Crippen LogP contribution in [0.4, 0.5) is 5.69 Å². The summed E-state index contributed by atoms with van der Waals surface area (Å²) in [5.74, 6) is 2.13. The number of hydrogen-bond donors (Lipinski definition) is 2.